The SMILES string of the molecule is CON=C(C)C(=NN(C)C(=O)c1ccccc1)C(=O)N1CCOCC1.CON=C(C)C(=NN(C)C(C)=O)C(=O)N1CCOCC1. The Morgan fingerprint density at radius 3 is 1.47 bits per heavy atom. The molecule has 2 aliphatic rings. The third-order valence-corrected chi connectivity index (χ3v) is 6.41. The molecule has 4 amide bonds. The summed E-state index contributed by atoms with van der Waals surface area (Å²) in [7, 11) is 5.76. The Morgan fingerprint density at radius 2 is 1.09 bits per heavy atom. The zero-order chi connectivity index (χ0) is 33.4. The molecule has 0 unspecified atom stereocenters. The lowest BCUT2D eigenvalue weighted by molar-refractivity contribution is -0.129. The Kier molecular flexibility index (Phi) is 15.3. The van der Waals surface area contributed by atoms with Crippen molar-refractivity contribution in [2.24, 2.45) is 20.5 Å². The van der Waals surface area contributed by atoms with E-state index in [0.717, 1.165) is 10.0 Å². The van der Waals surface area contributed by atoms with Crippen LogP contribution >= 0.6 is 0 Å². The topological polar surface area (TPSA) is 168 Å². The fourth-order valence-electron chi connectivity index (χ4n) is 3.92. The number of hydrogen-bond acceptors (Lipinski definition) is 12. The molecular formula is C29H42N8O8. The van der Waals surface area contributed by atoms with E-state index in [2.05, 4.69) is 25.4 Å². The molecule has 2 heterocycles. The molecule has 45 heavy (non-hydrogen) atoms. The zero-order valence-corrected chi connectivity index (χ0v) is 26.9. The Bertz CT molecular complexity index is 1290. The highest BCUT2D eigenvalue weighted by molar-refractivity contribution is 6.67. The van der Waals surface area contributed by atoms with E-state index in [-0.39, 0.29) is 35.1 Å². The van der Waals surface area contributed by atoms with Gasteiger partial charge in [-0.3, -0.25) is 19.2 Å². The van der Waals surface area contributed by atoms with Crippen molar-refractivity contribution in [2.45, 2.75) is 20.8 Å². The van der Waals surface area contributed by atoms with E-state index in [1.165, 1.54) is 35.2 Å². The van der Waals surface area contributed by atoms with Crippen molar-refractivity contribution < 1.29 is 38.3 Å². The van der Waals surface area contributed by atoms with Gasteiger partial charge < -0.3 is 28.9 Å². The molecule has 0 saturated carbocycles. The minimum Gasteiger partial charge on any atom is -0.399 e. The Labute approximate surface area is 262 Å². The van der Waals surface area contributed by atoms with Gasteiger partial charge in [0.2, 0.25) is 5.91 Å². The fraction of sp³-hybridized carbons (Fsp3) is 0.517. The van der Waals surface area contributed by atoms with Gasteiger partial charge in [-0.15, -0.1) is 0 Å². The van der Waals surface area contributed by atoms with Crippen molar-refractivity contribution in [3.05, 3.63) is 35.9 Å². The van der Waals surface area contributed by atoms with Crippen molar-refractivity contribution in [3.63, 3.8) is 0 Å². The molecule has 16 nitrogen and oxygen atoms in total. The summed E-state index contributed by atoms with van der Waals surface area (Å²) in [6.07, 6.45) is 0. The lowest BCUT2D eigenvalue weighted by atomic mass is 10.2. The predicted molar refractivity (Wildman–Crippen MR) is 167 cm³/mol. The largest absolute Gasteiger partial charge is 0.399 e. The lowest BCUT2D eigenvalue weighted by Crippen LogP contribution is -2.46. The molecule has 0 bridgehead atoms. The number of carbonyl (C=O) groups is 4. The summed E-state index contributed by atoms with van der Waals surface area (Å²) < 4.78 is 10.5. The smallest absolute Gasteiger partial charge is 0.276 e. The quantitative estimate of drug-likeness (QED) is 0.284. The van der Waals surface area contributed by atoms with Crippen LogP contribution in [0.15, 0.2) is 50.8 Å². The van der Waals surface area contributed by atoms with Crippen molar-refractivity contribution >= 4 is 46.5 Å². The normalized spacial score (nSPS) is 16.2. The maximum Gasteiger partial charge on any atom is 0.276 e. The number of rotatable bonds is 9. The van der Waals surface area contributed by atoms with Crippen LogP contribution in [0.2, 0.25) is 0 Å². The first-order valence-corrected chi connectivity index (χ1v) is 14.2. The minimum absolute atomic E-state index is 0.0653. The average molecular weight is 631 g/mol. The lowest BCUT2D eigenvalue weighted by Gasteiger charge is -2.27. The summed E-state index contributed by atoms with van der Waals surface area (Å²) in [5.74, 6) is -1.20. The van der Waals surface area contributed by atoms with E-state index in [9.17, 15) is 19.2 Å². The first-order valence-electron chi connectivity index (χ1n) is 14.2. The van der Waals surface area contributed by atoms with E-state index in [0.29, 0.717) is 69.6 Å². The van der Waals surface area contributed by atoms with Crippen LogP contribution in [0.3, 0.4) is 0 Å². The van der Waals surface area contributed by atoms with Gasteiger partial charge in [0.15, 0.2) is 11.4 Å². The summed E-state index contributed by atoms with van der Waals surface area (Å²) in [6, 6.07) is 8.73. The molecule has 0 N–H and O–H groups in total. The molecule has 0 atom stereocenters. The Morgan fingerprint density at radius 1 is 0.689 bits per heavy atom. The van der Waals surface area contributed by atoms with Crippen molar-refractivity contribution in [1.29, 1.82) is 0 Å². The standard InChI is InChI=1S/C17H22N4O4.C12H20N4O4/c1-13(19-24-3)15(17(23)21-9-11-25-12-10-21)18-20(2)16(22)14-7-5-4-6-8-14;1-9(14-19-4)11(13-15(3)10(2)17)12(18)16-5-7-20-8-6-16/h4-8H,9-12H2,1-3H3;5-8H2,1-4H3. The molecule has 246 valence electrons. The monoisotopic (exact) mass is 630 g/mol. The highest BCUT2D eigenvalue weighted by atomic mass is 16.6. The average Bonchev–Trinajstić information content (AvgIpc) is 3.06. The Balaban J connectivity index is 0.000000322. The molecule has 1 aromatic carbocycles. The van der Waals surface area contributed by atoms with E-state index in [4.69, 9.17) is 14.3 Å². The van der Waals surface area contributed by atoms with Gasteiger partial charge in [0, 0.05) is 52.8 Å². The summed E-state index contributed by atoms with van der Waals surface area (Å²) >= 11 is 0. The summed E-state index contributed by atoms with van der Waals surface area (Å²) in [4.78, 5) is 61.6. The number of nitrogens with zero attached hydrogens (tertiary/aromatic N) is 8. The van der Waals surface area contributed by atoms with E-state index in [1.54, 1.807) is 47.9 Å². The van der Waals surface area contributed by atoms with Gasteiger partial charge in [0.25, 0.3) is 17.7 Å². The van der Waals surface area contributed by atoms with Crippen molar-refractivity contribution in [1.82, 2.24) is 19.8 Å². The van der Waals surface area contributed by atoms with Crippen LogP contribution < -0.4 is 0 Å². The third-order valence-electron chi connectivity index (χ3n) is 6.41. The van der Waals surface area contributed by atoms with E-state index >= 15 is 0 Å². The molecular weight excluding hydrogens is 588 g/mol. The first kappa shape index (κ1) is 36.5. The molecule has 2 saturated heterocycles. The van der Waals surface area contributed by atoms with Gasteiger partial charge in [0.05, 0.1) is 26.4 Å². The molecule has 2 fully saturated rings. The second-order valence-corrected chi connectivity index (χ2v) is 9.66. The third kappa shape index (κ3) is 11.4. The number of morpholine rings is 2. The van der Waals surface area contributed by atoms with Crippen LogP contribution in [0.25, 0.3) is 0 Å². The highest BCUT2D eigenvalue weighted by Gasteiger charge is 2.27. The molecule has 16 heteroatoms. The second kappa shape index (κ2) is 18.9. The number of benzene rings is 1. The Hall–Kier alpha value is -4.70. The van der Waals surface area contributed by atoms with Crippen LogP contribution in [0.4, 0.5) is 0 Å². The van der Waals surface area contributed by atoms with Crippen LogP contribution in [0.1, 0.15) is 31.1 Å². The van der Waals surface area contributed by atoms with Crippen LogP contribution in [0, 0.1) is 0 Å². The zero-order valence-electron chi connectivity index (χ0n) is 26.9. The number of oxime groups is 2. The van der Waals surface area contributed by atoms with E-state index in [1.807, 2.05) is 6.07 Å². The van der Waals surface area contributed by atoms with Crippen molar-refractivity contribution in [2.75, 3.05) is 80.9 Å². The maximum absolute atomic E-state index is 12.8. The molecule has 0 spiro atoms. The number of carbonyl (C=O) groups excluding carboxylic acids is 4. The molecule has 2 aliphatic heterocycles. The van der Waals surface area contributed by atoms with Gasteiger partial charge in [-0.1, -0.05) is 28.5 Å². The van der Waals surface area contributed by atoms with Gasteiger partial charge in [-0.2, -0.15) is 10.2 Å². The van der Waals surface area contributed by atoms with Crippen LogP contribution in [-0.4, -0.2) is 147 Å². The molecule has 3 rings (SSSR count). The predicted octanol–water partition coefficient (Wildman–Crippen LogP) is 0.698. The summed E-state index contributed by atoms with van der Waals surface area (Å²) in [5, 5.41) is 18.0. The molecule has 0 radical (unpaired) electrons. The van der Waals surface area contributed by atoms with Gasteiger partial charge >= 0.3 is 0 Å². The van der Waals surface area contributed by atoms with Crippen LogP contribution in [-0.2, 0) is 33.5 Å². The number of hydrazone groups is 2. The first-order chi connectivity index (χ1) is 21.5. The summed E-state index contributed by atoms with van der Waals surface area (Å²) in [5.41, 5.74) is 1.25. The molecule has 1 aromatic rings. The fourth-order valence-corrected chi connectivity index (χ4v) is 3.92. The van der Waals surface area contributed by atoms with Gasteiger partial charge in [-0.05, 0) is 26.0 Å². The maximum atomic E-state index is 12.8. The number of hydrogen-bond donors (Lipinski definition) is 0. The number of amides is 4. The second-order valence-electron chi connectivity index (χ2n) is 9.66. The van der Waals surface area contributed by atoms with Gasteiger partial charge in [-0.25, -0.2) is 10.0 Å². The van der Waals surface area contributed by atoms with Crippen molar-refractivity contribution in [3.8, 4) is 0 Å². The summed E-state index contributed by atoms with van der Waals surface area (Å²) in [6.45, 7) is 8.41. The number of ether oxygens (including phenoxy) is 2. The molecule has 0 aliphatic carbocycles. The highest BCUT2D eigenvalue weighted by Crippen LogP contribution is 2.07. The van der Waals surface area contributed by atoms with E-state index < -0.39 is 0 Å². The van der Waals surface area contributed by atoms with Gasteiger partial charge in [0.1, 0.15) is 25.6 Å². The minimum atomic E-state index is -0.321. The van der Waals surface area contributed by atoms with Crippen LogP contribution in [0.5, 0.6) is 0 Å². The molecule has 0 aromatic heterocycles.